The number of hydrogen-bond donors (Lipinski definition) is 3. The van der Waals surface area contributed by atoms with Gasteiger partial charge in [0, 0.05) is 36.0 Å². The van der Waals surface area contributed by atoms with Crippen molar-refractivity contribution in [3.63, 3.8) is 0 Å². The standard InChI is InChI=1S/C31H37BrN4O6/c1-18(2)13-25(33-19(3)37)31(42)36-17-28(39)27-16-23(36)11-12-35(27)30(41)26(14-20-7-9-24(38)10-8-20)34-29(40)21-5-4-6-22(32)15-21/h4-10,15,18,23,25-27,38H,11-14,16-17H2,1-3H3,(H,33,37)(H,34,40)/t23-,25+,26?,27?/m1/s1. The molecule has 2 fully saturated rings. The van der Waals surface area contributed by atoms with Crippen LogP contribution < -0.4 is 10.6 Å². The molecule has 11 heteroatoms. The highest BCUT2D eigenvalue weighted by atomic mass is 79.9. The van der Waals surface area contributed by atoms with Crippen LogP contribution in [0.4, 0.5) is 0 Å². The third-order valence-corrected chi connectivity index (χ3v) is 8.22. The second-order valence-electron chi connectivity index (χ2n) is 11.4. The number of Topliss-reactive ketones (excluding diaryl/α,β-unsaturated/α-hetero) is 1. The third kappa shape index (κ3) is 7.56. The van der Waals surface area contributed by atoms with Gasteiger partial charge < -0.3 is 25.5 Å². The number of fused-ring (bicyclic) bond motifs is 2. The molecule has 2 aliphatic heterocycles. The fourth-order valence-corrected chi connectivity index (χ4v) is 6.14. The van der Waals surface area contributed by atoms with Crippen molar-refractivity contribution in [3.8, 4) is 5.75 Å². The first-order chi connectivity index (χ1) is 19.9. The number of phenols is 1. The number of amides is 4. The number of nitrogens with one attached hydrogen (secondary N) is 2. The number of carbonyl (C=O) groups excluding carboxylic acids is 5. The van der Waals surface area contributed by atoms with Gasteiger partial charge in [-0.25, -0.2) is 0 Å². The van der Waals surface area contributed by atoms with E-state index in [0.29, 0.717) is 24.8 Å². The number of likely N-dealkylation sites (tertiary alicyclic amines) is 2. The summed E-state index contributed by atoms with van der Waals surface area (Å²) in [6, 6.07) is 10.6. The van der Waals surface area contributed by atoms with Gasteiger partial charge in [-0.05, 0) is 61.1 Å². The SMILES string of the molecule is CC(=O)N[C@@H](CC(C)C)C(=O)N1CC(=O)C2C[C@H]1CCN2C(=O)C(Cc1ccc(O)cc1)NC(=O)c1cccc(Br)c1. The number of halogens is 1. The molecule has 0 radical (unpaired) electrons. The Kier molecular flexibility index (Phi) is 10.0. The molecule has 0 aliphatic carbocycles. The molecule has 0 spiro atoms. The molecule has 10 nitrogen and oxygen atoms in total. The van der Waals surface area contributed by atoms with Crippen LogP contribution in [0.3, 0.4) is 0 Å². The number of nitrogens with zero attached hydrogens (tertiary/aromatic N) is 2. The fraction of sp³-hybridized carbons (Fsp3) is 0.452. The summed E-state index contributed by atoms with van der Waals surface area (Å²) in [7, 11) is 0. The smallest absolute Gasteiger partial charge is 0.251 e. The maximum absolute atomic E-state index is 14.0. The number of carbonyl (C=O) groups is 5. The first-order valence-corrected chi connectivity index (χ1v) is 15.0. The van der Waals surface area contributed by atoms with Crippen LogP contribution in [0.15, 0.2) is 53.0 Å². The average Bonchev–Trinajstić information content (AvgIpc) is 2.94. The van der Waals surface area contributed by atoms with Gasteiger partial charge in [0.2, 0.25) is 17.7 Å². The van der Waals surface area contributed by atoms with Gasteiger partial charge in [-0.2, -0.15) is 0 Å². The highest BCUT2D eigenvalue weighted by Gasteiger charge is 2.46. The molecule has 2 bridgehead atoms. The second-order valence-corrected chi connectivity index (χ2v) is 12.4. The number of piperidine rings is 2. The molecule has 4 rings (SSSR count). The predicted octanol–water partition coefficient (Wildman–Crippen LogP) is 2.82. The van der Waals surface area contributed by atoms with E-state index in [0.717, 1.165) is 10.0 Å². The minimum absolute atomic E-state index is 0.0860. The molecule has 2 saturated heterocycles. The van der Waals surface area contributed by atoms with Crippen molar-refractivity contribution in [2.75, 3.05) is 13.1 Å². The van der Waals surface area contributed by atoms with Crippen LogP contribution in [0.1, 0.15) is 56.0 Å². The van der Waals surface area contributed by atoms with Crippen LogP contribution in [-0.4, -0.2) is 81.6 Å². The van der Waals surface area contributed by atoms with E-state index in [2.05, 4.69) is 26.6 Å². The number of ketones is 1. The van der Waals surface area contributed by atoms with E-state index < -0.39 is 24.0 Å². The van der Waals surface area contributed by atoms with E-state index in [1.807, 2.05) is 13.8 Å². The lowest BCUT2D eigenvalue weighted by atomic mass is 9.86. The number of hydrogen-bond acceptors (Lipinski definition) is 6. The zero-order valence-corrected chi connectivity index (χ0v) is 25.6. The Morgan fingerprint density at radius 2 is 1.69 bits per heavy atom. The lowest BCUT2D eigenvalue weighted by Crippen LogP contribution is -2.66. The normalized spacial score (nSPS) is 19.7. The highest BCUT2D eigenvalue weighted by molar-refractivity contribution is 9.10. The van der Waals surface area contributed by atoms with Gasteiger partial charge in [0.25, 0.3) is 5.91 Å². The fourth-order valence-electron chi connectivity index (χ4n) is 5.74. The van der Waals surface area contributed by atoms with E-state index in [4.69, 9.17) is 0 Å². The van der Waals surface area contributed by atoms with Crippen molar-refractivity contribution in [1.82, 2.24) is 20.4 Å². The van der Waals surface area contributed by atoms with Crippen molar-refractivity contribution in [2.24, 2.45) is 5.92 Å². The first-order valence-electron chi connectivity index (χ1n) is 14.2. The summed E-state index contributed by atoms with van der Waals surface area (Å²) in [5.74, 6) is -1.38. The molecule has 4 amide bonds. The molecular formula is C31H37BrN4O6. The quantitative estimate of drug-likeness (QED) is 0.386. The Hall–Kier alpha value is -3.73. The molecule has 224 valence electrons. The summed E-state index contributed by atoms with van der Waals surface area (Å²) in [6.45, 7) is 5.41. The minimum atomic E-state index is -0.958. The molecule has 42 heavy (non-hydrogen) atoms. The molecule has 2 heterocycles. The minimum Gasteiger partial charge on any atom is -0.508 e. The van der Waals surface area contributed by atoms with E-state index in [9.17, 15) is 29.1 Å². The highest BCUT2D eigenvalue weighted by Crippen LogP contribution is 2.30. The van der Waals surface area contributed by atoms with Gasteiger partial charge in [-0.15, -0.1) is 0 Å². The van der Waals surface area contributed by atoms with Crippen LogP contribution in [-0.2, 0) is 25.6 Å². The molecule has 0 saturated carbocycles. The van der Waals surface area contributed by atoms with E-state index in [-0.39, 0.29) is 60.7 Å². The van der Waals surface area contributed by atoms with E-state index in [1.54, 1.807) is 41.3 Å². The molecule has 0 aromatic heterocycles. The second kappa shape index (κ2) is 13.5. The molecular weight excluding hydrogens is 604 g/mol. The van der Waals surface area contributed by atoms with Crippen LogP contribution >= 0.6 is 15.9 Å². The molecule has 4 atom stereocenters. The predicted molar refractivity (Wildman–Crippen MR) is 160 cm³/mol. The Balaban J connectivity index is 1.52. The van der Waals surface area contributed by atoms with Crippen molar-refractivity contribution in [3.05, 3.63) is 64.1 Å². The molecule has 2 aromatic rings. The Morgan fingerprint density at radius 3 is 2.33 bits per heavy atom. The van der Waals surface area contributed by atoms with Gasteiger partial charge in [0.05, 0.1) is 12.6 Å². The number of rotatable bonds is 9. The van der Waals surface area contributed by atoms with Crippen LogP contribution in [0.2, 0.25) is 0 Å². The van der Waals surface area contributed by atoms with Gasteiger partial charge in [0.15, 0.2) is 5.78 Å². The lowest BCUT2D eigenvalue weighted by Gasteiger charge is -2.48. The first kappa shape index (κ1) is 31.2. The zero-order chi connectivity index (χ0) is 30.6. The summed E-state index contributed by atoms with van der Waals surface area (Å²) < 4.78 is 0.722. The molecule has 2 unspecified atom stereocenters. The van der Waals surface area contributed by atoms with E-state index in [1.165, 1.54) is 24.0 Å². The van der Waals surface area contributed by atoms with Crippen molar-refractivity contribution in [1.29, 1.82) is 0 Å². The van der Waals surface area contributed by atoms with Crippen LogP contribution in [0.25, 0.3) is 0 Å². The van der Waals surface area contributed by atoms with Crippen molar-refractivity contribution < 1.29 is 29.1 Å². The van der Waals surface area contributed by atoms with Gasteiger partial charge in [-0.1, -0.05) is 48.0 Å². The average molecular weight is 642 g/mol. The monoisotopic (exact) mass is 640 g/mol. The zero-order valence-electron chi connectivity index (χ0n) is 24.0. The van der Waals surface area contributed by atoms with E-state index >= 15 is 0 Å². The molecule has 2 aromatic carbocycles. The van der Waals surface area contributed by atoms with Crippen molar-refractivity contribution >= 4 is 45.3 Å². The molecule has 2 aliphatic rings. The number of benzene rings is 2. The Labute approximate surface area is 253 Å². The maximum atomic E-state index is 14.0. The van der Waals surface area contributed by atoms with Crippen molar-refractivity contribution in [2.45, 2.75) is 70.6 Å². The lowest BCUT2D eigenvalue weighted by molar-refractivity contribution is -0.155. The maximum Gasteiger partial charge on any atom is 0.251 e. The Morgan fingerprint density at radius 1 is 1.00 bits per heavy atom. The van der Waals surface area contributed by atoms with Crippen LogP contribution in [0, 0.1) is 5.92 Å². The summed E-state index contributed by atoms with van der Waals surface area (Å²) in [6.07, 6.45) is 1.40. The van der Waals surface area contributed by atoms with Gasteiger partial charge in [0.1, 0.15) is 17.8 Å². The summed E-state index contributed by atoms with van der Waals surface area (Å²) in [5.41, 5.74) is 1.11. The summed E-state index contributed by atoms with van der Waals surface area (Å²) in [4.78, 5) is 68.9. The summed E-state index contributed by atoms with van der Waals surface area (Å²) in [5, 5.41) is 15.3. The van der Waals surface area contributed by atoms with Gasteiger partial charge in [-0.3, -0.25) is 24.0 Å². The number of aromatic hydroxyl groups is 1. The summed E-state index contributed by atoms with van der Waals surface area (Å²) >= 11 is 3.37. The third-order valence-electron chi connectivity index (χ3n) is 7.73. The van der Waals surface area contributed by atoms with Crippen LogP contribution in [0.5, 0.6) is 5.75 Å². The Bertz CT molecular complexity index is 1350. The molecule has 3 N–H and O–H groups in total. The topological polar surface area (TPSA) is 136 Å². The number of phenolic OH excluding ortho intramolecular Hbond substituents is 1. The van der Waals surface area contributed by atoms with Gasteiger partial charge >= 0.3 is 0 Å². The largest absolute Gasteiger partial charge is 0.508 e.